The number of rotatable bonds is 0. The van der Waals surface area contributed by atoms with Crippen molar-refractivity contribution < 1.29 is 0 Å². The van der Waals surface area contributed by atoms with E-state index in [0.717, 1.165) is 12.8 Å². The Morgan fingerprint density at radius 3 is 2.62 bits per heavy atom. The van der Waals surface area contributed by atoms with Crippen molar-refractivity contribution in [2.45, 2.75) is 12.8 Å². The summed E-state index contributed by atoms with van der Waals surface area (Å²) in [6.45, 7) is 0. The zero-order valence-corrected chi connectivity index (χ0v) is 14.2. The van der Waals surface area contributed by atoms with E-state index in [2.05, 4.69) is 76.1 Å². The Morgan fingerprint density at radius 1 is 0.808 bits per heavy atom. The SMILES string of the molecule is C1=Cc2c(n3c4ccccc4c4c5c(cc2c43)[nH]c2ccccc25)CC1. The number of aromatic nitrogens is 2. The molecule has 2 heteroatoms. The number of aryl methyl sites for hydroxylation is 1. The van der Waals surface area contributed by atoms with Crippen LogP contribution in [0.15, 0.2) is 60.7 Å². The Kier molecular flexibility index (Phi) is 2.14. The Hall–Kier alpha value is -3.26. The van der Waals surface area contributed by atoms with Gasteiger partial charge in [0.25, 0.3) is 0 Å². The summed E-state index contributed by atoms with van der Waals surface area (Å²) < 4.78 is 2.53. The molecule has 26 heavy (non-hydrogen) atoms. The maximum absolute atomic E-state index is 3.66. The second kappa shape index (κ2) is 4.28. The molecule has 0 spiro atoms. The first-order valence-electron chi connectivity index (χ1n) is 9.29. The fraction of sp³-hybridized carbons (Fsp3) is 0.0833. The van der Waals surface area contributed by atoms with Gasteiger partial charge in [0.2, 0.25) is 0 Å². The third-order valence-electron chi connectivity index (χ3n) is 6.11. The third-order valence-corrected chi connectivity index (χ3v) is 6.11. The number of nitrogens with zero attached hydrogens (tertiary/aromatic N) is 1. The van der Waals surface area contributed by atoms with Gasteiger partial charge in [-0.05, 0) is 31.0 Å². The number of allylic oxidation sites excluding steroid dienone is 1. The average Bonchev–Trinajstić information content (AvgIpc) is 3.33. The predicted molar refractivity (Wildman–Crippen MR) is 110 cm³/mol. The molecule has 3 heterocycles. The van der Waals surface area contributed by atoms with Gasteiger partial charge in [-0.15, -0.1) is 0 Å². The molecule has 0 aliphatic heterocycles. The predicted octanol–water partition coefficient (Wildman–Crippen LogP) is 6.28. The molecule has 122 valence electrons. The van der Waals surface area contributed by atoms with Crippen molar-refractivity contribution in [3.05, 3.63) is 71.9 Å². The van der Waals surface area contributed by atoms with Crippen LogP contribution in [0.1, 0.15) is 17.7 Å². The summed E-state index contributed by atoms with van der Waals surface area (Å²) >= 11 is 0. The van der Waals surface area contributed by atoms with Gasteiger partial charge < -0.3 is 9.38 Å². The van der Waals surface area contributed by atoms with E-state index in [1.165, 1.54) is 60.3 Å². The average molecular weight is 332 g/mol. The fourth-order valence-electron chi connectivity index (χ4n) is 5.12. The molecule has 0 atom stereocenters. The summed E-state index contributed by atoms with van der Waals surface area (Å²) in [5.41, 5.74) is 8.05. The van der Waals surface area contributed by atoms with Gasteiger partial charge in [-0.1, -0.05) is 48.6 Å². The number of hydrogen-bond donors (Lipinski definition) is 1. The van der Waals surface area contributed by atoms with E-state index < -0.39 is 0 Å². The molecule has 0 radical (unpaired) electrons. The van der Waals surface area contributed by atoms with Crippen molar-refractivity contribution in [2.75, 3.05) is 0 Å². The molecule has 6 aromatic rings. The molecule has 0 saturated carbocycles. The van der Waals surface area contributed by atoms with Crippen LogP contribution >= 0.6 is 0 Å². The van der Waals surface area contributed by atoms with Crippen molar-refractivity contribution in [1.82, 2.24) is 9.38 Å². The third kappa shape index (κ3) is 1.34. The zero-order valence-electron chi connectivity index (χ0n) is 14.2. The smallest absolute Gasteiger partial charge is 0.0624 e. The highest BCUT2D eigenvalue weighted by molar-refractivity contribution is 6.32. The van der Waals surface area contributed by atoms with Crippen LogP contribution in [-0.4, -0.2) is 9.38 Å². The van der Waals surface area contributed by atoms with Gasteiger partial charge in [0.1, 0.15) is 0 Å². The number of para-hydroxylation sites is 2. The topological polar surface area (TPSA) is 20.2 Å². The second-order valence-electron chi connectivity index (χ2n) is 7.39. The molecular weight excluding hydrogens is 316 g/mol. The minimum atomic E-state index is 1.11. The minimum absolute atomic E-state index is 1.11. The summed E-state index contributed by atoms with van der Waals surface area (Å²) in [6.07, 6.45) is 6.88. The largest absolute Gasteiger partial charge is 0.354 e. The lowest BCUT2D eigenvalue weighted by Crippen LogP contribution is -1.96. The fourth-order valence-corrected chi connectivity index (χ4v) is 5.12. The molecule has 0 saturated heterocycles. The van der Waals surface area contributed by atoms with Gasteiger partial charge in [-0.3, -0.25) is 0 Å². The van der Waals surface area contributed by atoms with Gasteiger partial charge in [0.15, 0.2) is 0 Å². The van der Waals surface area contributed by atoms with E-state index in [9.17, 15) is 0 Å². The van der Waals surface area contributed by atoms with E-state index in [-0.39, 0.29) is 0 Å². The molecule has 1 N–H and O–H groups in total. The molecule has 1 aliphatic rings. The number of nitrogens with one attached hydrogen (secondary N) is 1. The Bertz CT molecular complexity index is 1520. The Labute approximate surface area is 149 Å². The van der Waals surface area contributed by atoms with Crippen LogP contribution in [0.4, 0.5) is 0 Å². The highest BCUT2D eigenvalue weighted by Gasteiger charge is 2.24. The molecule has 0 unspecified atom stereocenters. The Morgan fingerprint density at radius 2 is 1.65 bits per heavy atom. The molecule has 2 nitrogen and oxygen atoms in total. The van der Waals surface area contributed by atoms with E-state index >= 15 is 0 Å². The summed E-state index contributed by atoms with van der Waals surface area (Å²) in [5.74, 6) is 0. The van der Waals surface area contributed by atoms with Crippen LogP contribution in [0, 0.1) is 0 Å². The zero-order chi connectivity index (χ0) is 16.8. The van der Waals surface area contributed by atoms with Gasteiger partial charge in [-0.2, -0.15) is 0 Å². The molecule has 3 aromatic heterocycles. The first-order valence-corrected chi connectivity index (χ1v) is 9.29. The van der Waals surface area contributed by atoms with Crippen molar-refractivity contribution in [3.8, 4) is 0 Å². The van der Waals surface area contributed by atoms with Gasteiger partial charge >= 0.3 is 0 Å². The number of benzene rings is 3. The summed E-state index contributed by atoms with van der Waals surface area (Å²) in [7, 11) is 0. The first kappa shape index (κ1) is 13.0. The van der Waals surface area contributed by atoms with Gasteiger partial charge in [0.05, 0.1) is 11.0 Å². The van der Waals surface area contributed by atoms with Gasteiger partial charge in [-0.25, -0.2) is 0 Å². The number of hydrogen-bond acceptors (Lipinski definition) is 0. The number of H-pyrrole nitrogens is 1. The first-order chi connectivity index (χ1) is 12.9. The van der Waals surface area contributed by atoms with Gasteiger partial charge in [0, 0.05) is 49.2 Å². The number of fused-ring (bicyclic) bond motifs is 10. The lowest BCUT2D eigenvalue weighted by atomic mass is 9.98. The molecule has 3 aromatic carbocycles. The highest BCUT2D eigenvalue weighted by atomic mass is 14.9. The maximum atomic E-state index is 3.66. The normalized spacial score (nSPS) is 14.5. The molecule has 0 fully saturated rings. The summed E-state index contributed by atoms with van der Waals surface area (Å²) in [4.78, 5) is 3.66. The highest BCUT2D eigenvalue weighted by Crippen LogP contribution is 2.45. The lowest BCUT2D eigenvalue weighted by Gasteiger charge is -2.07. The summed E-state index contributed by atoms with van der Waals surface area (Å²) in [6, 6.07) is 19.9. The van der Waals surface area contributed by atoms with Crippen molar-refractivity contribution >= 4 is 55.1 Å². The molecule has 0 amide bonds. The molecule has 7 rings (SSSR count). The molecular formula is C24H16N2. The molecule has 1 aliphatic carbocycles. The van der Waals surface area contributed by atoms with Crippen LogP contribution in [0.25, 0.3) is 55.1 Å². The summed E-state index contributed by atoms with van der Waals surface area (Å²) in [5, 5.41) is 6.81. The Balaban J connectivity index is 1.91. The lowest BCUT2D eigenvalue weighted by molar-refractivity contribution is 0.926. The monoisotopic (exact) mass is 332 g/mol. The van der Waals surface area contributed by atoms with Crippen LogP contribution in [-0.2, 0) is 6.42 Å². The van der Waals surface area contributed by atoms with E-state index in [0.29, 0.717) is 0 Å². The minimum Gasteiger partial charge on any atom is -0.354 e. The van der Waals surface area contributed by atoms with Crippen LogP contribution in [0.3, 0.4) is 0 Å². The van der Waals surface area contributed by atoms with E-state index in [1.807, 2.05) is 0 Å². The van der Waals surface area contributed by atoms with Crippen LogP contribution < -0.4 is 0 Å². The van der Waals surface area contributed by atoms with Crippen LogP contribution in [0.2, 0.25) is 0 Å². The van der Waals surface area contributed by atoms with E-state index in [4.69, 9.17) is 0 Å². The quantitative estimate of drug-likeness (QED) is 0.338. The molecule has 0 bridgehead atoms. The number of aromatic amines is 1. The van der Waals surface area contributed by atoms with Crippen molar-refractivity contribution in [3.63, 3.8) is 0 Å². The van der Waals surface area contributed by atoms with E-state index in [1.54, 1.807) is 0 Å². The van der Waals surface area contributed by atoms with Crippen molar-refractivity contribution in [1.29, 1.82) is 0 Å². The van der Waals surface area contributed by atoms with Crippen molar-refractivity contribution in [2.24, 2.45) is 0 Å². The maximum Gasteiger partial charge on any atom is 0.0624 e. The second-order valence-corrected chi connectivity index (χ2v) is 7.39. The standard InChI is InChI=1S/C24H16N2/c1-4-10-18-15(8-1)22-19(25-18)13-17-14-7-2-5-11-20(14)26-21-12-6-3-9-16(21)23(22)24(17)26/h1-4,6-10,12-13,25H,5,11H2. The van der Waals surface area contributed by atoms with Crippen LogP contribution in [0.5, 0.6) is 0 Å².